The molecule has 2 atom stereocenters. The third-order valence-corrected chi connectivity index (χ3v) is 5.92. The Kier molecular flexibility index (Phi) is 6.57. The molecule has 0 bridgehead atoms. The van der Waals surface area contributed by atoms with Gasteiger partial charge in [0.05, 0.1) is 23.5 Å². The third kappa shape index (κ3) is 5.15. The maximum Gasteiger partial charge on any atom is 0.225 e. The largest absolute Gasteiger partial charge is 0.396 e. The fraction of sp³-hybridized carbons (Fsp3) is 0.348. The number of nitrogens with one attached hydrogen (secondary N) is 2. The van der Waals surface area contributed by atoms with Crippen molar-refractivity contribution in [3.63, 3.8) is 0 Å². The Balaban J connectivity index is 1.59. The van der Waals surface area contributed by atoms with Crippen LogP contribution in [0.1, 0.15) is 41.8 Å². The molecule has 6 nitrogen and oxygen atoms in total. The van der Waals surface area contributed by atoms with E-state index in [-0.39, 0.29) is 12.6 Å². The van der Waals surface area contributed by atoms with Gasteiger partial charge in [-0.05, 0) is 55.7 Å². The summed E-state index contributed by atoms with van der Waals surface area (Å²) in [5, 5.41) is 20.4. The van der Waals surface area contributed by atoms with E-state index < -0.39 is 0 Å². The zero-order valence-corrected chi connectivity index (χ0v) is 17.7. The SMILES string of the molecule is Cc1nc(NCc2ccccn2)nc(N[C@H]2CC[C@@H](CO)C2)c1C#Cc1ccsc1. The van der Waals surface area contributed by atoms with Gasteiger partial charge >= 0.3 is 0 Å². The highest BCUT2D eigenvalue weighted by Gasteiger charge is 2.25. The highest BCUT2D eigenvalue weighted by Crippen LogP contribution is 2.29. The van der Waals surface area contributed by atoms with Gasteiger partial charge in [0.1, 0.15) is 5.82 Å². The average Bonchev–Trinajstić information content (AvgIpc) is 3.44. The first-order valence-electron chi connectivity index (χ1n) is 10.2. The molecule has 3 heterocycles. The first-order chi connectivity index (χ1) is 14.7. The molecule has 7 heteroatoms. The molecule has 1 aliphatic carbocycles. The molecular weight excluding hydrogens is 394 g/mol. The summed E-state index contributed by atoms with van der Waals surface area (Å²) < 4.78 is 0. The first kappa shape index (κ1) is 20.3. The fourth-order valence-corrected chi connectivity index (χ4v) is 4.20. The Morgan fingerprint density at radius 2 is 2.13 bits per heavy atom. The van der Waals surface area contributed by atoms with E-state index in [4.69, 9.17) is 4.98 Å². The minimum Gasteiger partial charge on any atom is -0.396 e. The van der Waals surface area contributed by atoms with E-state index in [2.05, 4.69) is 32.4 Å². The van der Waals surface area contributed by atoms with Crippen molar-refractivity contribution in [2.75, 3.05) is 17.2 Å². The lowest BCUT2D eigenvalue weighted by molar-refractivity contribution is 0.229. The molecule has 3 N–H and O–H groups in total. The molecular formula is C23H25N5OS. The molecule has 1 aliphatic rings. The number of aliphatic hydroxyl groups is 1. The third-order valence-electron chi connectivity index (χ3n) is 5.24. The second kappa shape index (κ2) is 9.70. The summed E-state index contributed by atoms with van der Waals surface area (Å²) in [5.74, 6) is 8.13. The summed E-state index contributed by atoms with van der Waals surface area (Å²) in [6.45, 7) is 2.75. The highest BCUT2D eigenvalue weighted by atomic mass is 32.1. The van der Waals surface area contributed by atoms with Crippen LogP contribution in [0.15, 0.2) is 41.2 Å². The van der Waals surface area contributed by atoms with Gasteiger partial charge in [-0.15, -0.1) is 0 Å². The van der Waals surface area contributed by atoms with E-state index in [1.807, 2.05) is 41.9 Å². The molecule has 0 aromatic carbocycles. The number of pyridine rings is 1. The lowest BCUT2D eigenvalue weighted by atomic mass is 10.1. The van der Waals surface area contributed by atoms with Crippen LogP contribution in [0.25, 0.3) is 0 Å². The number of hydrogen-bond donors (Lipinski definition) is 3. The number of aliphatic hydroxyl groups excluding tert-OH is 1. The molecule has 0 radical (unpaired) electrons. The van der Waals surface area contributed by atoms with Crippen molar-refractivity contribution >= 4 is 23.1 Å². The number of nitrogens with zero attached hydrogens (tertiary/aromatic N) is 3. The predicted octanol–water partition coefficient (Wildman–Crippen LogP) is 3.83. The molecule has 3 aromatic heterocycles. The van der Waals surface area contributed by atoms with E-state index in [9.17, 15) is 5.11 Å². The van der Waals surface area contributed by atoms with Gasteiger partial charge < -0.3 is 15.7 Å². The maximum absolute atomic E-state index is 9.47. The Bertz CT molecular complexity index is 1030. The normalized spacial score (nSPS) is 17.9. The quantitative estimate of drug-likeness (QED) is 0.527. The van der Waals surface area contributed by atoms with Gasteiger partial charge in [0.15, 0.2) is 0 Å². The lowest BCUT2D eigenvalue weighted by Gasteiger charge is -2.17. The van der Waals surface area contributed by atoms with Crippen LogP contribution in [0.5, 0.6) is 0 Å². The van der Waals surface area contributed by atoms with Crippen LogP contribution in [-0.2, 0) is 6.54 Å². The van der Waals surface area contributed by atoms with Crippen LogP contribution in [-0.4, -0.2) is 32.7 Å². The van der Waals surface area contributed by atoms with E-state index in [1.165, 1.54) is 0 Å². The molecule has 3 aromatic rings. The van der Waals surface area contributed by atoms with Crippen LogP contribution in [0.3, 0.4) is 0 Å². The number of aryl methyl sites for hydroxylation is 1. The topological polar surface area (TPSA) is 83.0 Å². The maximum atomic E-state index is 9.47. The van der Waals surface area contributed by atoms with Gasteiger partial charge in [-0.1, -0.05) is 17.9 Å². The Morgan fingerprint density at radius 3 is 2.87 bits per heavy atom. The molecule has 1 saturated carbocycles. The lowest BCUT2D eigenvalue weighted by Crippen LogP contribution is -2.19. The molecule has 30 heavy (non-hydrogen) atoms. The number of rotatable bonds is 6. The van der Waals surface area contributed by atoms with E-state index in [0.717, 1.165) is 47.6 Å². The molecule has 1 fully saturated rings. The Labute approximate surface area is 180 Å². The average molecular weight is 420 g/mol. The molecule has 0 unspecified atom stereocenters. The van der Waals surface area contributed by atoms with Crippen molar-refractivity contribution in [3.8, 4) is 11.8 Å². The summed E-state index contributed by atoms with van der Waals surface area (Å²) in [6, 6.07) is 8.11. The molecule has 0 amide bonds. The van der Waals surface area contributed by atoms with Crippen molar-refractivity contribution in [3.05, 3.63) is 63.7 Å². The van der Waals surface area contributed by atoms with Crippen molar-refractivity contribution in [2.45, 2.75) is 38.8 Å². The number of hydrogen-bond acceptors (Lipinski definition) is 7. The highest BCUT2D eigenvalue weighted by molar-refractivity contribution is 7.08. The molecule has 0 aliphatic heterocycles. The van der Waals surface area contributed by atoms with Crippen molar-refractivity contribution in [1.82, 2.24) is 15.0 Å². The number of thiophene rings is 1. The van der Waals surface area contributed by atoms with Gasteiger partial charge in [-0.25, -0.2) is 4.98 Å². The second-order valence-electron chi connectivity index (χ2n) is 7.50. The van der Waals surface area contributed by atoms with E-state index >= 15 is 0 Å². The van der Waals surface area contributed by atoms with Crippen LogP contribution >= 0.6 is 11.3 Å². The standard InChI is InChI=1S/C23H25N5OS/c1-16-21(8-6-17-9-11-30-15-17)22(27-19-7-5-18(12-19)14-29)28-23(26-16)25-13-20-4-2-3-10-24-20/h2-4,9-11,15,18-19,29H,5,7,12-14H2,1H3,(H2,25,26,27,28)/t18-,19+/m1/s1. The zero-order valence-electron chi connectivity index (χ0n) is 16.9. The second-order valence-corrected chi connectivity index (χ2v) is 8.28. The molecule has 0 spiro atoms. The van der Waals surface area contributed by atoms with Crippen LogP contribution in [0, 0.1) is 24.7 Å². The van der Waals surface area contributed by atoms with Crippen molar-refractivity contribution in [2.24, 2.45) is 5.92 Å². The van der Waals surface area contributed by atoms with Crippen LogP contribution in [0.4, 0.5) is 11.8 Å². The molecule has 154 valence electrons. The Hall–Kier alpha value is -2.95. The van der Waals surface area contributed by atoms with Crippen LogP contribution in [0.2, 0.25) is 0 Å². The van der Waals surface area contributed by atoms with Gasteiger partial charge in [-0.2, -0.15) is 16.3 Å². The van der Waals surface area contributed by atoms with Crippen molar-refractivity contribution < 1.29 is 5.11 Å². The van der Waals surface area contributed by atoms with Crippen LogP contribution < -0.4 is 10.6 Å². The first-order valence-corrected chi connectivity index (χ1v) is 11.1. The fourth-order valence-electron chi connectivity index (χ4n) is 3.61. The van der Waals surface area contributed by atoms with Crippen molar-refractivity contribution in [1.29, 1.82) is 0 Å². The zero-order chi connectivity index (χ0) is 20.8. The minimum atomic E-state index is 0.239. The van der Waals surface area contributed by atoms with Gasteiger partial charge in [0, 0.05) is 29.8 Å². The Morgan fingerprint density at radius 1 is 1.20 bits per heavy atom. The molecule has 4 rings (SSSR count). The summed E-state index contributed by atoms with van der Waals surface area (Å²) in [6.07, 6.45) is 4.76. The number of anilines is 2. The summed E-state index contributed by atoms with van der Waals surface area (Å²) in [7, 11) is 0. The summed E-state index contributed by atoms with van der Waals surface area (Å²) in [4.78, 5) is 13.7. The predicted molar refractivity (Wildman–Crippen MR) is 120 cm³/mol. The summed E-state index contributed by atoms with van der Waals surface area (Å²) >= 11 is 1.63. The molecule has 0 saturated heterocycles. The van der Waals surface area contributed by atoms with E-state index in [0.29, 0.717) is 18.4 Å². The van der Waals surface area contributed by atoms with Gasteiger partial charge in [0.25, 0.3) is 0 Å². The number of aromatic nitrogens is 3. The smallest absolute Gasteiger partial charge is 0.225 e. The monoisotopic (exact) mass is 419 g/mol. The summed E-state index contributed by atoms with van der Waals surface area (Å²) in [5.41, 5.74) is 3.56. The van der Waals surface area contributed by atoms with Gasteiger partial charge in [-0.3, -0.25) is 4.98 Å². The van der Waals surface area contributed by atoms with Gasteiger partial charge in [0.2, 0.25) is 5.95 Å². The minimum absolute atomic E-state index is 0.239. The van der Waals surface area contributed by atoms with E-state index in [1.54, 1.807) is 17.5 Å².